The smallest absolute Gasteiger partial charge is 0.408 e. The van der Waals surface area contributed by atoms with Gasteiger partial charge in [-0.2, -0.15) is 0 Å². The largest absolute Gasteiger partial charge is 0.465 e. The summed E-state index contributed by atoms with van der Waals surface area (Å²) < 4.78 is 27.5. The van der Waals surface area contributed by atoms with Gasteiger partial charge in [-0.25, -0.2) is 13.6 Å². The Morgan fingerprint density at radius 1 is 1.17 bits per heavy atom. The molecule has 5 heteroatoms. The summed E-state index contributed by atoms with van der Waals surface area (Å²) in [6, 6.07) is 12.3. The highest BCUT2D eigenvalue weighted by molar-refractivity contribution is 5.79. The van der Waals surface area contributed by atoms with Gasteiger partial charge in [0.25, 0.3) is 0 Å². The van der Waals surface area contributed by atoms with E-state index in [-0.39, 0.29) is 12.1 Å². The van der Waals surface area contributed by atoms with E-state index in [0.29, 0.717) is 5.57 Å². The van der Waals surface area contributed by atoms with Crippen LogP contribution in [0.1, 0.15) is 18.1 Å². The number of carbonyl (C=O) groups is 1. The van der Waals surface area contributed by atoms with Gasteiger partial charge in [0, 0.05) is 5.56 Å². The molecule has 1 atom stereocenters. The number of amides is 1. The van der Waals surface area contributed by atoms with Crippen LogP contribution >= 0.6 is 0 Å². The summed E-state index contributed by atoms with van der Waals surface area (Å²) in [5.74, 6) is -1.13. The van der Waals surface area contributed by atoms with Crippen LogP contribution in [0.3, 0.4) is 0 Å². The predicted octanol–water partition coefficient (Wildman–Crippen LogP) is 4.26. The van der Waals surface area contributed by atoms with Gasteiger partial charge >= 0.3 is 6.09 Å². The first kappa shape index (κ1) is 15.2. The highest BCUT2D eigenvalue weighted by atomic mass is 19.1. The molecule has 0 aromatic heterocycles. The predicted molar refractivity (Wildman–Crippen MR) is 82.9 cm³/mol. The first-order chi connectivity index (χ1) is 10.9. The minimum absolute atomic E-state index is 0.00109. The Bertz CT molecular complexity index is 789. The number of hydrogen-bond donors (Lipinski definition) is 1. The van der Waals surface area contributed by atoms with Crippen molar-refractivity contribution in [1.29, 1.82) is 0 Å². The molecule has 0 spiro atoms. The van der Waals surface area contributed by atoms with Gasteiger partial charge in [-0.1, -0.05) is 30.3 Å². The lowest BCUT2D eigenvalue weighted by Gasteiger charge is -2.32. The Hall–Kier alpha value is -2.69. The summed E-state index contributed by atoms with van der Waals surface area (Å²) in [7, 11) is 0. The monoisotopic (exact) mass is 315 g/mol. The summed E-state index contributed by atoms with van der Waals surface area (Å²) in [6.45, 7) is 1.75. The van der Waals surface area contributed by atoms with Gasteiger partial charge in [0.15, 0.2) is 0 Å². The molecule has 0 fully saturated rings. The SMILES string of the molecule is C[C@@]1(c2ccccc2)C=C(c2cc(F)ccc2F)CN1C(=O)O. The molecule has 0 aliphatic carbocycles. The van der Waals surface area contributed by atoms with Crippen molar-refractivity contribution in [2.75, 3.05) is 6.54 Å². The summed E-state index contributed by atoms with van der Waals surface area (Å²) in [5.41, 5.74) is 0.391. The minimum atomic E-state index is -1.11. The second-order valence-corrected chi connectivity index (χ2v) is 5.68. The van der Waals surface area contributed by atoms with E-state index in [9.17, 15) is 18.7 Å². The van der Waals surface area contributed by atoms with Gasteiger partial charge in [0.2, 0.25) is 0 Å². The lowest BCUT2D eigenvalue weighted by Crippen LogP contribution is -2.42. The van der Waals surface area contributed by atoms with Gasteiger partial charge in [-0.05, 0) is 42.3 Å². The zero-order valence-electron chi connectivity index (χ0n) is 12.5. The van der Waals surface area contributed by atoms with E-state index in [2.05, 4.69) is 0 Å². The molecule has 2 aromatic rings. The molecule has 0 unspecified atom stereocenters. The number of halogens is 2. The molecule has 1 aliphatic rings. The van der Waals surface area contributed by atoms with Crippen LogP contribution in [0.25, 0.3) is 5.57 Å². The second kappa shape index (κ2) is 5.50. The topological polar surface area (TPSA) is 40.5 Å². The maximum atomic E-state index is 14.0. The van der Waals surface area contributed by atoms with Crippen LogP contribution < -0.4 is 0 Å². The van der Waals surface area contributed by atoms with Crippen molar-refractivity contribution in [3.05, 3.63) is 77.4 Å². The molecule has 23 heavy (non-hydrogen) atoms. The van der Waals surface area contributed by atoms with Crippen molar-refractivity contribution in [3.8, 4) is 0 Å². The third-order valence-electron chi connectivity index (χ3n) is 4.21. The van der Waals surface area contributed by atoms with E-state index < -0.39 is 23.3 Å². The van der Waals surface area contributed by atoms with Crippen molar-refractivity contribution in [2.45, 2.75) is 12.5 Å². The molecule has 1 heterocycles. The highest BCUT2D eigenvalue weighted by Crippen LogP contribution is 2.40. The van der Waals surface area contributed by atoms with Crippen molar-refractivity contribution < 1.29 is 18.7 Å². The Labute approximate surface area is 132 Å². The van der Waals surface area contributed by atoms with Crippen LogP contribution in [0.4, 0.5) is 13.6 Å². The number of nitrogens with zero attached hydrogens (tertiary/aromatic N) is 1. The van der Waals surface area contributed by atoms with Gasteiger partial charge in [0.05, 0.1) is 12.1 Å². The third-order valence-corrected chi connectivity index (χ3v) is 4.21. The fraction of sp³-hybridized carbons (Fsp3) is 0.167. The third kappa shape index (κ3) is 2.59. The molecular weight excluding hydrogens is 300 g/mol. The lowest BCUT2D eigenvalue weighted by atomic mass is 9.91. The summed E-state index contributed by atoms with van der Waals surface area (Å²) in [5, 5.41) is 9.52. The minimum Gasteiger partial charge on any atom is -0.465 e. The molecule has 118 valence electrons. The van der Waals surface area contributed by atoms with Crippen LogP contribution in [0.5, 0.6) is 0 Å². The summed E-state index contributed by atoms with van der Waals surface area (Å²) >= 11 is 0. The Morgan fingerprint density at radius 2 is 1.87 bits per heavy atom. The quantitative estimate of drug-likeness (QED) is 0.899. The lowest BCUT2D eigenvalue weighted by molar-refractivity contribution is 0.119. The van der Waals surface area contributed by atoms with E-state index >= 15 is 0 Å². The van der Waals surface area contributed by atoms with E-state index in [0.717, 1.165) is 23.8 Å². The van der Waals surface area contributed by atoms with Gasteiger partial charge in [0.1, 0.15) is 11.6 Å². The fourth-order valence-electron chi connectivity index (χ4n) is 2.98. The van der Waals surface area contributed by atoms with Crippen molar-refractivity contribution >= 4 is 11.7 Å². The normalized spacial score (nSPS) is 20.5. The molecule has 0 radical (unpaired) electrons. The zero-order chi connectivity index (χ0) is 16.6. The Kier molecular flexibility index (Phi) is 3.64. The second-order valence-electron chi connectivity index (χ2n) is 5.68. The van der Waals surface area contributed by atoms with Gasteiger partial charge < -0.3 is 5.11 Å². The molecule has 1 aliphatic heterocycles. The molecule has 2 aromatic carbocycles. The average Bonchev–Trinajstić information content (AvgIpc) is 2.90. The Morgan fingerprint density at radius 3 is 2.52 bits per heavy atom. The van der Waals surface area contributed by atoms with Crippen LogP contribution in [0, 0.1) is 11.6 Å². The number of hydrogen-bond acceptors (Lipinski definition) is 1. The molecule has 0 bridgehead atoms. The van der Waals surface area contributed by atoms with Gasteiger partial charge in [-0.3, -0.25) is 4.90 Å². The van der Waals surface area contributed by atoms with E-state index in [1.165, 1.54) is 4.90 Å². The summed E-state index contributed by atoms with van der Waals surface area (Å²) in [6.07, 6.45) is 0.577. The first-order valence-electron chi connectivity index (χ1n) is 7.15. The summed E-state index contributed by atoms with van der Waals surface area (Å²) in [4.78, 5) is 12.9. The molecule has 3 rings (SSSR count). The van der Waals surface area contributed by atoms with E-state index in [1.54, 1.807) is 13.0 Å². The van der Waals surface area contributed by atoms with Crippen LogP contribution in [-0.4, -0.2) is 22.6 Å². The standard InChI is InChI=1S/C18H15F2NO2/c1-18(13-5-3-2-4-6-13)10-12(11-21(18)17(22)23)15-9-14(19)7-8-16(15)20/h2-10H,11H2,1H3,(H,22,23)/t18-/m0/s1. The van der Waals surface area contributed by atoms with Crippen LogP contribution in [-0.2, 0) is 5.54 Å². The number of benzene rings is 2. The zero-order valence-corrected chi connectivity index (χ0v) is 12.5. The number of carboxylic acid groups (broad SMARTS) is 1. The maximum Gasteiger partial charge on any atom is 0.408 e. The first-order valence-corrected chi connectivity index (χ1v) is 7.15. The average molecular weight is 315 g/mol. The molecular formula is C18H15F2NO2. The van der Waals surface area contributed by atoms with Crippen molar-refractivity contribution in [2.24, 2.45) is 0 Å². The van der Waals surface area contributed by atoms with Crippen molar-refractivity contribution in [3.63, 3.8) is 0 Å². The molecule has 3 nitrogen and oxygen atoms in total. The number of rotatable bonds is 2. The van der Waals surface area contributed by atoms with Crippen molar-refractivity contribution in [1.82, 2.24) is 4.90 Å². The van der Waals surface area contributed by atoms with E-state index in [1.807, 2.05) is 30.3 Å². The Balaban J connectivity index is 2.12. The van der Waals surface area contributed by atoms with Gasteiger partial charge in [-0.15, -0.1) is 0 Å². The fourth-order valence-corrected chi connectivity index (χ4v) is 2.98. The molecule has 0 saturated heterocycles. The van der Waals surface area contributed by atoms with Crippen LogP contribution in [0.15, 0.2) is 54.6 Å². The van der Waals surface area contributed by atoms with E-state index in [4.69, 9.17) is 0 Å². The maximum absolute atomic E-state index is 14.0. The van der Waals surface area contributed by atoms with Crippen LogP contribution in [0.2, 0.25) is 0 Å². The molecule has 1 amide bonds. The molecule has 0 saturated carbocycles. The highest BCUT2D eigenvalue weighted by Gasteiger charge is 2.41. The molecule has 1 N–H and O–H groups in total.